The van der Waals surface area contributed by atoms with Gasteiger partial charge in [0.2, 0.25) is 5.91 Å². The summed E-state index contributed by atoms with van der Waals surface area (Å²) in [6, 6.07) is 14.0. The van der Waals surface area contributed by atoms with Gasteiger partial charge in [0.15, 0.2) is 0 Å². The molecule has 3 aromatic rings. The number of halogens is 1. The van der Waals surface area contributed by atoms with E-state index >= 15 is 0 Å². The van der Waals surface area contributed by atoms with Crippen LogP contribution < -0.4 is 10.6 Å². The van der Waals surface area contributed by atoms with Gasteiger partial charge in [0.25, 0.3) is 5.91 Å². The minimum atomic E-state index is -0.518. The maximum absolute atomic E-state index is 13.5. The van der Waals surface area contributed by atoms with Gasteiger partial charge in [0.05, 0.1) is 18.9 Å². The van der Waals surface area contributed by atoms with E-state index in [2.05, 4.69) is 10.6 Å². The fraction of sp³-hybridized carbons (Fsp3) is 0.208. The van der Waals surface area contributed by atoms with Gasteiger partial charge in [-0.15, -0.1) is 0 Å². The number of fused-ring (bicyclic) bond motifs is 1. The summed E-state index contributed by atoms with van der Waals surface area (Å²) in [6.45, 7) is 2.67. The zero-order valence-corrected chi connectivity index (χ0v) is 18.4. The number of nitrogens with one attached hydrogen (secondary N) is 2. The van der Waals surface area contributed by atoms with Gasteiger partial charge in [-0.25, -0.2) is 9.37 Å². The van der Waals surface area contributed by atoms with Crippen molar-refractivity contribution in [3.05, 3.63) is 82.7 Å². The fourth-order valence-electron chi connectivity index (χ4n) is 4.03. The highest BCUT2D eigenvalue weighted by molar-refractivity contribution is 6.01. The van der Waals surface area contributed by atoms with Crippen LogP contribution in [-0.2, 0) is 22.7 Å². The Morgan fingerprint density at radius 3 is 2.59 bits per heavy atom. The second kappa shape index (κ2) is 8.64. The molecule has 5 rings (SSSR count). The van der Waals surface area contributed by atoms with Crippen LogP contribution in [0, 0.1) is 17.9 Å². The quantitative estimate of drug-likeness (QED) is 0.619. The second-order valence-electron chi connectivity index (χ2n) is 8.21. The molecule has 2 aliphatic rings. The molecule has 0 bridgehead atoms. The smallest absolute Gasteiger partial charge is 0.270 e. The standard InChI is InChI=1S/C24H22FN6O3/c1-15-2-8-18(9-3-15)27-23-22(16-4-6-17(25)7-5-16)28-20-13-29(10-11-30(20)23)24(33)19-12-21(32)26-14-31(19)34/h2-9,12,27H,10-11,13-14H2,1H3,(H,26,32)/q-1. The van der Waals surface area contributed by atoms with Crippen molar-refractivity contribution in [1.29, 1.82) is 0 Å². The molecule has 34 heavy (non-hydrogen) atoms. The first-order valence-electron chi connectivity index (χ1n) is 10.8. The van der Waals surface area contributed by atoms with Crippen LogP contribution in [0.4, 0.5) is 15.9 Å². The van der Waals surface area contributed by atoms with Crippen LogP contribution in [0.2, 0.25) is 0 Å². The van der Waals surface area contributed by atoms with Crippen LogP contribution in [0.5, 0.6) is 0 Å². The summed E-state index contributed by atoms with van der Waals surface area (Å²) in [4.78, 5) is 30.9. The minimum Gasteiger partial charge on any atom is -0.757 e. The first kappa shape index (κ1) is 21.7. The summed E-state index contributed by atoms with van der Waals surface area (Å²) in [7, 11) is 0. The Kier molecular flexibility index (Phi) is 5.50. The number of nitrogens with zero attached hydrogens (tertiary/aromatic N) is 4. The third-order valence-electron chi connectivity index (χ3n) is 5.84. The van der Waals surface area contributed by atoms with E-state index in [9.17, 15) is 19.2 Å². The van der Waals surface area contributed by atoms with Gasteiger partial charge in [0, 0.05) is 30.4 Å². The molecule has 2 aliphatic heterocycles. The van der Waals surface area contributed by atoms with Crippen LogP contribution in [0.15, 0.2) is 60.3 Å². The average Bonchev–Trinajstić information content (AvgIpc) is 3.19. The lowest BCUT2D eigenvalue weighted by Gasteiger charge is -2.38. The van der Waals surface area contributed by atoms with Gasteiger partial charge < -0.3 is 30.4 Å². The summed E-state index contributed by atoms with van der Waals surface area (Å²) in [5.41, 5.74) is 3.17. The summed E-state index contributed by atoms with van der Waals surface area (Å²) >= 11 is 0. The first-order chi connectivity index (χ1) is 16.4. The third kappa shape index (κ3) is 4.11. The predicted octanol–water partition coefficient (Wildman–Crippen LogP) is 2.85. The number of benzene rings is 2. The molecule has 0 aliphatic carbocycles. The number of carbonyl (C=O) groups is 2. The number of hydrogen-bond donors (Lipinski definition) is 2. The number of aryl methyl sites for hydroxylation is 1. The Labute approximate surface area is 195 Å². The first-order valence-corrected chi connectivity index (χ1v) is 10.8. The van der Waals surface area contributed by atoms with Crippen molar-refractivity contribution in [2.45, 2.75) is 20.0 Å². The van der Waals surface area contributed by atoms with Crippen molar-refractivity contribution in [3.8, 4) is 11.3 Å². The maximum atomic E-state index is 13.5. The molecule has 0 unspecified atom stereocenters. The molecule has 2 amide bonds. The number of anilines is 2. The molecule has 9 nitrogen and oxygen atoms in total. The molecule has 10 heteroatoms. The highest BCUT2D eigenvalue weighted by Gasteiger charge is 2.30. The highest BCUT2D eigenvalue weighted by Crippen LogP contribution is 2.33. The minimum absolute atomic E-state index is 0.162. The van der Waals surface area contributed by atoms with Crippen molar-refractivity contribution in [2.24, 2.45) is 0 Å². The highest BCUT2D eigenvalue weighted by atomic mass is 19.1. The van der Waals surface area contributed by atoms with Gasteiger partial charge in [0.1, 0.15) is 23.2 Å². The number of amides is 2. The van der Waals surface area contributed by atoms with Crippen molar-refractivity contribution < 1.29 is 14.0 Å². The predicted molar refractivity (Wildman–Crippen MR) is 124 cm³/mol. The van der Waals surface area contributed by atoms with Crippen LogP contribution in [-0.4, -0.2) is 44.5 Å². The molecule has 0 spiro atoms. The molecule has 0 saturated carbocycles. The van der Waals surface area contributed by atoms with E-state index in [4.69, 9.17) is 4.98 Å². The Bertz CT molecular complexity index is 1280. The van der Waals surface area contributed by atoms with E-state index in [1.54, 1.807) is 12.1 Å². The lowest BCUT2D eigenvalue weighted by Crippen LogP contribution is -2.46. The molecule has 174 valence electrons. The largest absolute Gasteiger partial charge is 0.757 e. The van der Waals surface area contributed by atoms with E-state index in [0.717, 1.165) is 28.7 Å². The summed E-state index contributed by atoms with van der Waals surface area (Å²) in [6.07, 6.45) is 1.02. The maximum Gasteiger partial charge on any atom is 0.270 e. The zero-order valence-electron chi connectivity index (χ0n) is 18.4. The van der Waals surface area contributed by atoms with Crippen molar-refractivity contribution >= 4 is 23.3 Å². The van der Waals surface area contributed by atoms with Crippen LogP contribution in [0.1, 0.15) is 11.4 Å². The van der Waals surface area contributed by atoms with Crippen molar-refractivity contribution in [1.82, 2.24) is 24.8 Å². The van der Waals surface area contributed by atoms with Gasteiger partial charge in [-0.1, -0.05) is 17.7 Å². The van der Waals surface area contributed by atoms with Gasteiger partial charge >= 0.3 is 0 Å². The Morgan fingerprint density at radius 1 is 1.12 bits per heavy atom. The number of hydrogen-bond acceptors (Lipinski definition) is 6. The molecule has 2 N–H and O–H groups in total. The van der Waals surface area contributed by atoms with E-state index < -0.39 is 11.8 Å². The summed E-state index contributed by atoms with van der Waals surface area (Å²) in [5, 5.41) is 18.4. The molecule has 0 fully saturated rings. The van der Waals surface area contributed by atoms with Gasteiger partial charge in [-0.2, -0.15) is 0 Å². The molecular weight excluding hydrogens is 439 g/mol. The Hall–Kier alpha value is -4.18. The number of carbonyl (C=O) groups excluding carboxylic acids is 2. The Balaban J connectivity index is 1.49. The number of rotatable bonds is 4. The van der Waals surface area contributed by atoms with Crippen LogP contribution in [0.25, 0.3) is 11.3 Å². The lowest BCUT2D eigenvalue weighted by molar-refractivity contribution is -0.131. The molecule has 0 atom stereocenters. The van der Waals surface area contributed by atoms with Gasteiger partial charge in [-0.3, -0.25) is 9.59 Å². The second-order valence-corrected chi connectivity index (χ2v) is 8.21. The lowest BCUT2D eigenvalue weighted by atomic mass is 10.1. The monoisotopic (exact) mass is 461 g/mol. The zero-order chi connectivity index (χ0) is 23.8. The molecule has 0 radical (unpaired) electrons. The summed E-state index contributed by atoms with van der Waals surface area (Å²) < 4.78 is 15.5. The molecule has 0 saturated heterocycles. The molecule has 2 aromatic carbocycles. The number of imidazole rings is 1. The third-order valence-corrected chi connectivity index (χ3v) is 5.84. The molecule has 3 heterocycles. The Morgan fingerprint density at radius 2 is 1.85 bits per heavy atom. The van der Waals surface area contributed by atoms with E-state index in [1.165, 1.54) is 17.0 Å². The van der Waals surface area contributed by atoms with Crippen molar-refractivity contribution in [2.75, 3.05) is 18.5 Å². The van der Waals surface area contributed by atoms with E-state index in [0.29, 0.717) is 29.7 Å². The average molecular weight is 461 g/mol. The van der Waals surface area contributed by atoms with Crippen molar-refractivity contribution in [3.63, 3.8) is 0 Å². The van der Waals surface area contributed by atoms with Crippen LogP contribution in [0.3, 0.4) is 0 Å². The SMILES string of the molecule is Cc1ccc(Nc2c(-c3ccc(F)cc3)nc3n2CCN(C(=O)C2=CC(=O)NCN2[O-])C3)cc1. The van der Waals surface area contributed by atoms with E-state index in [-0.39, 0.29) is 24.7 Å². The number of hydroxylamine groups is 2. The fourth-order valence-corrected chi connectivity index (χ4v) is 4.03. The van der Waals surface area contributed by atoms with Crippen LogP contribution >= 0.6 is 0 Å². The number of aromatic nitrogens is 2. The summed E-state index contributed by atoms with van der Waals surface area (Å²) in [5.74, 6) is 0.0169. The van der Waals surface area contributed by atoms with E-state index in [1.807, 2.05) is 35.8 Å². The normalized spacial score (nSPS) is 15.5. The van der Waals surface area contributed by atoms with Gasteiger partial charge in [-0.05, 0) is 43.3 Å². The molecule has 1 aromatic heterocycles. The topological polar surface area (TPSA) is 106 Å². The molecular formula is C24H22FN6O3-.